The number of nitrogens with one attached hydrogen (secondary N) is 1. The van der Waals surface area contributed by atoms with Crippen molar-refractivity contribution < 1.29 is 36.6 Å². The van der Waals surface area contributed by atoms with Crippen LogP contribution in [0.4, 0.5) is 13.2 Å². The molecule has 0 amide bonds. The number of aliphatic carboxylic acids is 1. The van der Waals surface area contributed by atoms with Gasteiger partial charge in [0.25, 0.3) is 0 Å². The maximum absolute atomic E-state index is 13.7. The molecule has 0 spiro atoms. The molecule has 216 valence electrons. The van der Waals surface area contributed by atoms with Crippen LogP contribution in [0.25, 0.3) is 0 Å². The third kappa shape index (κ3) is 8.51. The summed E-state index contributed by atoms with van der Waals surface area (Å²) in [6, 6.07) is 11.1. The van der Waals surface area contributed by atoms with E-state index in [0.29, 0.717) is 12.0 Å². The van der Waals surface area contributed by atoms with Gasteiger partial charge in [0.15, 0.2) is 0 Å². The minimum absolute atomic E-state index is 0.00632. The lowest BCUT2D eigenvalue weighted by Crippen LogP contribution is -2.47. The molecule has 1 unspecified atom stereocenters. The molecule has 0 saturated carbocycles. The second-order valence-corrected chi connectivity index (χ2v) is 13.1. The number of alkyl halides is 3. The van der Waals surface area contributed by atoms with E-state index < -0.39 is 38.7 Å². The van der Waals surface area contributed by atoms with E-state index in [-0.39, 0.29) is 43.5 Å². The molecule has 0 saturated heterocycles. The van der Waals surface area contributed by atoms with Crippen LogP contribution in [0.1, 0.15) is 55.4 Å². The highest BCUT2D eigenvalue weighted by atomic mass is 32.2. The van der Waals surface area contributed by atoms with Crippen LogP contribution in [0.5, 0.6) is 0 Å². The molecule has 0 bridgehead atoms. The Bertz CT molecular complexity index is 1240. The highest BCUT2D eigenvalue weighted by molar-refractivity contribution is 7.89. The highest BCUT2D eigenvalue weighted by Gasteiger charge is 2.35. The molecule has 0 heterocycles. The number of aliphatic hydroxyl groups is 1. The maximum atomic E-state index is 13.7. The van der Waals surface area contributed by atoms with Crippen LogP contribution in [-0.2, 0) is 40.3 Å². The van der Waals surface area contributed by atoms with Crippen LogP contribution in [0.3, 0.4) is 0 Å². The number of carboxylic acids is 1. The number of rotatable bonds is 13. The molecule has 39 heavy (non-hydrogen) atoms. The number of aryl methyl sites for hydroxylation is 1. The Morgan fingerprint density at radius 2 is 1.74 bits per heavy atom. The lowest BCUT2D eigenvalue weighted by Gasteiger charge is -2.31. The minimum atomic E-state index is -4.81. The molecular weight excluding hydrogens is 533 g/mol. The van der Waals surface area contributed by atoms with Crippen LogP contribution < -0.4 is 5.32 Å². The zero-order chi connectivity index (χ0) is 29.0. The monoisotopic (exact) mass is 570 g/mol. The van der Waals surface area contributed by atoms with Gasteiger partial charge in [0.2, 0.25) is 10.0 Å². The van der Waals surface area contributed by atoms with Crippen molar-refractivity contribution in [1.82, 2.24) is 9.62 Å². The molecule has 1 atom stereocenters. The molecule has 3 rings (SSSR count). The molecular formula is C28H37F3N2O5S. The minimum Gasteiger partial charge on any atom is -0.481 e. The van der Waals surface area contributed by atoms with Crippen molar-refractivity contribution in [1.29, 1.82) is 0 Å². The van der Waals surface area contributed by atoms with Crippen molar-refractivity contribution >= 4 is 16.0 Å². The highest BCUT2D eigenvalue weighted by Crippen LogP contribution is 2.35. The van der Waals surface area contributed by atoms with Crippen molar-refractivity contribution in [2.24, 2.45) is 5.92 Å². The van der Waals surface area contributed by atoms with E-state index in [1.54, 1.807) is 0 Å². The first kappa shape index (κ1) is 31.1. The standard InChI is InChI=1S/C28H37F3N2O5S/c1-27(2,16-19-13-21-7-4-5-8-22(21)14-19)32-17-23(34)18-33(3)39(37,38)24-12-11-20(9-6-10-26(35)36)25(15-24)28(29,30)31/h4-5,7-8,11-12,15,19,23,32,34H,6,9-10,13-14,16-18H2,1-3H3,(H,35,36). The maximum Gasteiger partial charge on any atom is 0.416 e. The van der Waals surface area contributed by atoms with Crippen molar-refractivity contribution in [2.45, 2.75) is 75.1 Å². The third-order valence-electron chi connectivity index (χ3n) is 7.15. The van der Waals surface area contributed by atoms with Gasteiger partial charge in [0.05, 0.1) is 16.6 Å². The molecule has 0 aliphatic heterocycles. The van der Waals surface area contributed by atoms with Gasteiger partial charge in [-0.2, -0.15) is 17.5 Å². The predicted molar refractivity (Wildman–Crippen MR) is 142 cm³/mol. The largest absolute Gasteiger partial charge is 0.481 e. The number of sulfonamides is 1. The summed E-state index contributed by atoms with van der Waals surface area (Å²) >= 11 is 0. The summed E-state index contributed by atoms with van der Waals surface area (Å²) in [4.78, 5) is 10.2. The first-order chi connectivity index (χ1) is 18.1. The van der Waals surface area contributed by atoms with E-state index in [4.69, 9.17) is 5.11 Å². The van der Waals surface area contributed by atoms with Gasteiger partial charge in [-0.15, -0.1) is 0 Å². The van der Waals surface area contributed by atoms with E-state index in [0.717, 1.165) is 35.7 Å². The summed E-state index contributed by atoms with van der Waals surface area (Å²) in [6.45, 7) is 3.87. The molecule has 0 aromatic heterocycles. The SMILES string of the molecule is CN(CC(O)CNC(C)(C)CC1Cc2ccccc2C1)S(=O)(=O)c1ccc(CCCC(=O)O)c(C(F)(F)F)c1. The Balaban J connectivity index is 1.60. The molecule has 2 aromatic rings. The van der Waals surface area contributed by atoms with Gasteiger partial charge in [-0.1, -0.05) is 30.3 Å². The van der Waals surface area contributed by atoms with Crippen molar-refractivity contribution in [3.8, 4) is 0 Å². The zero-order valence-corrected chi connectivity index (χ0v) is 23.3. The van der Waals surface area contributed by atoms with Crippen molar-refractivity contribution in [2.75, 3.05) is 20.1 Å². The number of benzene rings is 2. The van der Waals surface area contributed by atoms with Crippen LogP contribution in [0, 0.1) is 5.92 Å². The normalized spacial score (nSPS) is 15.5. The Labute approximate surface area is 228 Å². The summed E-state index contributed by atoms with van der Waals surface area (Å²) in [5.74, 6) is -0.662. The van der Waals surface area contributed by atoms with Crippen LogP contribution in [0.15, 0.2) is 47.4 Å². The summed E-state index contributed by atoms with van der Waals surface area (Å²) in [5.41, 5.74) is 1.12. The Kier molecular flexibility index (Phi) is 9.85. The number of carbonyl (C=O) groups is 1. The Morgan fingerprint density at radius 3 is 2.31 bits per heavy atom. The molecule has 1 aliphatic rings. The number of hydrogen-bond acceptors (Lipinski definition) is 5. The zero-order valence-electron chi connectivity index (χ0n) is 22.5. The molecule has 11 heteroatoms. The predicted octanol–water partition coefficient (Wildman–Crippen LogP) is 4.27. The number of likely N-dealkylation sites (N-methyl/N-ethyl adjacent to an activating group) is 1. The summed E-state index contributed by atoms with van der Waals surface area (Å²) in [5, 5.41) is 22.6. The topological polar surface area (TPSA) is 107 Å². The fraction of sp³-hybridized carbons (Fsp3) is 0.536. The fourth-order valence-electron chi connectivity index (χ4n) is 5.25. The van der Waals surface area contributed by atoms with Gasteiger partial charge >= 0.3 is 12.1 Å². The Morgan fingerprint density at radius 1 is 1.13 bits per heavy atom. The number of nitrogens with zero attached hydrogens (tertiary/aromatic N) is 1. The van der Waals surface area contributed by atoms with E-state index >= 15 is 0 Å². The van der Waals surface area contributed by atoms with Gasteiger partial charge in [0.1, 0.15) is 0 Å². The second kappa shape index (κ2) is 12.4. The van der Waals surface area contributed by atoms with Gasteiger partial charge in [-0.3, -0.25) is 4.79 Å². The van der Waals surface area contributed by atoms with Gasteiger partial charge in [-0.05, 0) is 80.7 Å². The number of carboxylic acid groups (broad SMARTS) is 1. The number of aliphatic hydroxyl groups excluding tert-OH is 1. The molecule has 7 nitrogen and oxygen atoms in total. The molecule has 0 fully saturated rings. The Hall–Kier alpha value is -2.47. The first-order valence-corrected chi connectivity index (χ1v) is 14.4. The number of β-amino-alcohol motifs (C(OH)–C–C–N with tert-alkyl or cyclic N) is 1. The average Bonchev–Trinajstić information content (AvgIpc) is 3.23. The summed E-state index contributed by atoms with van der Waals surface area (Å²) in [6.07, 6.45) is -3.50. The van der Waals surface area contributed by atoms with Crippen LogP contribution in [-0.4, -0.2) is 60.7 Å². The van der Waals surface area contributed by atoms with E-state index in [1.807, 2.05) is 26.0 Å². The third-order valence-corrected chi connectivity index (χ3v) is 8.97. The second-order valence-electron chi connectivity index (χ2n) is 11.0. The van der Waals surface area contributed by atoms with Gasteiger partial charge in [-0.25, -0.2) is 8.42 Å². The molecule has 2 aromatic carbocycles. The first-order valence-electron chi connectivity index (χ1n) is 13.0. The number of halogens is 3. The van der Waals surface area contributed by atoms with Crippen molar-refractivity contribution in [3.63, 3.8) is 0 Å². The number of fused-ring (bicyclic) bond motifs is 1. The molecule has 1 aliphatic carbocycles. The van der Waals surface area contributed by atoms with E-state index in [9.17, 15) is 31.5 Å². The molecule has 0 radical (unpaired) electrons. The summed E-state index contributed by atoms with van der Waals surface area (Å²) < 4.78 is 68.0. The van der Waals surface area contributed by atoms with Crippen molar-refractivity contribution in [3.05, 3.63) is 64.7 Å². The van der Waals surface area contributed by atoms with Crippen LogP contribution in [0.2, 0.25) is 0 Å². The van der Waals surface area contributed by atoms with Gasteiger partial charge < -0.3 is 15.5 Å². The fourth-order valence-corrected chi connectivity index (χ4v) is 6.48. The lowest BCUT2D eigenvalue weighted by atomic mass is 9.88. The quantitative estimate of drug-likeness (QED) is 0.332. The lowest BCUT2D eigenvalue weighted by molar-refractivity contribution is -0.138. The van der Waals surface area contributed by atoms with E-state index in [2.05, 4.69) is 17.4 Å². The number of hydrogen-bond donors (Lipinski definition) is 3. The smallest absolute Gasteiger partial charge is 0.416 e. The average molecular weight is 571 g/mol. The summed E-state index contributed by atoms with van der Waals surface area (Å²) in [7, 11) is -3.10. The van der Waals surface area contributed by atoms with Crippen LogP contribution >= 0.6 is 0 Å². The van der Waals surface area contributed by atoms with Gasteiger partial charge in [0, 0.05) is 32.1 Å². The molecule has 3 N–H and O–H groups in total. The van der Waals surface area contributed by atoms with E-state index in [1.165, 1.54) is 18.2 Å².